The number of aliphatic hydroxyl groups excluding tert-OH is 1. The van der Waals surface area contributed by atoms with Crippen LogP contribution >= 0.6 is 0 Å². The number of carbonyl (C=O) groups is 3. The third-order valence-corrected chi connectivity index (χ3v) is 11.3. The lowest BCUT2D eigenvalue weighted by molar-refractivity contribution is -0.149. The van der Waals surface area contributed by atoms with Gasteiger partial charge in [-0.1, -0.05) is 25.1 Å². The Kier molecular flexibility index (Phi) is 7.17. The summed E-state index contributed by atoms with van der Waals surface area (Å²) in [5, 5.41) is 9.75. The van der Waals surface area contributed by atoms with E-state index in [1.807, 2.05) is 62.5 Å². The number of amides is 3. The van der Waals surface area contributed by atoms with Crippen LogP contribution in [0.1, 0.15) is 31.7 Å². The number of para-hydroxylation sites is 1. The van der Waals surface area contributed by atoms with E-state index in [2.05, 4.69) is 0 Å². The van der Waals surface area contributed by atoms with Crippen LogP contribution in [0.25, 0.3) is 0 Å². The molecule has 39 heavy (non-hydrogen) atoms. The molecule has 1 spiro atoms. The van der Waals surface area contributed by atoms with Gasteiger partial charge in [0, 0.05) is 42.0 Å². The number of likely N-dealkylation sites (tertiary alicyclic amines) is 1. The third kappa shape index (κ3) is 4.39. The monoisotopic (exact) mass is 551 g/mol. The molecule has 3 aliphatic heterocycles. The second-order valence-electron chi connectivity index (χ2n) is 11.5. The van der Waals surface area contributed by atoms with Gasteiger partial charge >= 0.3 is 0 Å². The van der Waals surface area contributed by atoms with Gasteiger partial charge in [0.1, 0.15) is 0 Å². The smallest absolute Gasteiger partial charge is 0.264 e. The van der Waals surface area contributed by atoms with Crippen molar-refractivity contribution in [3.8, 4) is 0 Å². The SMILES string of the molecule is C[C@@H]1[C@@H]([Si](C)(C)O)[C@H](CC(=O)N2CCC[C@H]2CO)O[C@@]12C(=O)N(C)c1ccc(N(C=O)c3ccccc3)cc12. The Morgan fingerprint density at radius 3 is 2.56 bits per heavy atom. The van der Waals surface area contributed by atoms with Crippen LogP contribution in [0.3, 0.4) is 0 Å². The van der Waals surface area contributed by atoms with Gasteiger partial charge in [0.15, 0.2) is 13.9 Å². The minimum Gasteiger partial charge on any atom is -0.432 e. The Balaban J connectivity index is 1.56. The predicted octanol–water partition coefficient (Wildman–Crippen LogP) is 3.13. The third-order valence-electron chi connectivity index (χ3n) is 8.80. The molecule has 3 heterocycles. The number of rotatable bonds is 7. The molecule has 2 fully saturated rings. The van der Waals surface area contributed by atoms with Crippen LogP contribution in [0, 0.1) is 5.92 Å². The first-order valence-electron chi connectivity index (χ1n) is 13.6. The number of benzene rings is 2. The van der Waals surface area contributed by atoms with Gasteiger partial charge in [0.05, 0.1) is 30.9 Å². The molecule has 10 heteroatoms. The summed E-state index contributed by atoms with van der Waals surface area (Å²) >= 11 is 0. The van der Waals surface area contributed by atoms with Crippen molar-refractivity contribution in [3.63, 3.8) is 0 Å². The first-order chi connectivity index (χ1) is 18.5. The zero-order valence-corrected chi connectivity index (χ0v) is 23.9. The summed E-state index contributed by atoms with van der Waals surface area (Å²) in [6.45, 7) is 6.07. The Hall–Kier alpha value is -3.05. The first kappa shape index (κ1) is 27.5. The van der Waals surface area contributed by atoms with E-state index in [0.717, 1.165) is 19.3 Å². The van der Waals surface area contributed by atoms with Crippen LogP contribution in [0.2, 0.25) is 18.6 Å². The number of aliphatic hydroxyl groups is 1. The number of likely N-dealkylation sites (N-methyl/N-ethyl adjacent to an activating group) is 1. The second-order valence-corrected chi connectivity index (χ2v) is 15.5. The van der Waals surface area contributed by atoms with E-state index < -0.39 is 25.9 Å². The standard InChI is InChI=1S/C29H37N3O6Si/c1-19-27(39(3,4)37)25(16-26(35)31-14-8-11-22(31)17-33)38-29(19)23-15-21(12-13-24(23)30(2)28(29)36)32(18-34)20-9-6-5-7-10-20/h5-7,9-10,12-13,15,18-19,22,25,27,33,37H,8,11,14,16-17H2,1-4H3/t19-,22+,25+,27-,29+/m1/s1. The van der Waals surface area contributed by atoms with E-state index in [-0.39, 0.29) is 36.4 Å². The maximum absolute atomic E-state index is 14.0. The lowest BCUT2D eigenvalue weighted by Crippen LogP contribution is -2.45. The molecule has 0 unspecified atom stereocenters. The molecule has 0 saturated carbocycles. The summed E-state index contributed by atoms with van der Waals surface area (Å²) in [6, 6.07) is 14.5. The fourth-order valence-electron chi connectivity index (χ4n) is 7.02. The molecule has 2 saturated heterocycles. The number of fused-ring (bicyclic) bond motifs is 2. The van der Waals surface area contributed by atoms with E-state index in [9.17, 15) is 24.3 Å². The molecule has 0 aromatic heterocycles. The molecule has 5 atom stereocenters. The largest absolute Gasteiger partial charge is 0.432 e. The van der Waals surface area contributed by atoms with Crippen molar-refractivity contribution >= 4 is 43.6 Å². The van der Waals surface area contributed by atoms with Gasteiger partial charge in [-0.15, -0.1) is 0 Å². The lowest BCUT2D eigenvalue weighted by atomic mass is 9.82. The lowest BCUT2D eigenvalue weighted by Gasteiger charge is -2.32. The van der Waals surface area contributed by atoms with Crippen molar-refractivity contribution in [1.82, 2.24) is 4.90 Å². The molecule has 208 valence electrons. The molecule has 9 nitrogen and oxygen atoms in total. The number of nitrogens with zero attached hydrogens (tertiary/aromatic N) is 3. The van der Waals surface area contributed by atoms with E-state index in [4.69, 9.17) is 4.74 Å². The van der Waals surface area contributed by atoms with Gasteiger partial charge in [-0.05, 0) is 56.3 Å². The summed E-state index contributed by atoms with van der Waals surface area (Å²) in [4.78, 5) is 55.8. The summed E-state index contributed by atoms with van der Waals surface area (Å²) in [5.74, 6) is -0.790. The maximum atomic E-state index is 14.0. The minimum atomic E-state index is -2.93. The van der Waals surface area contributed by atoms with Crippen molar-refractivity contribution in [1.29, 1.82) is 0 Å². The quantitative estimate of drug-likeness (QED) is 0.404. The van der Waals surface area contributed by atoms with E-state index in [1.54, 1.807) is 22.9 Å². The van der Waals surface area contributed by atoms with Gasteiger partial charge in [0.2, 0.25) is 12.3 Å². The molecular weight excluding hydrogens is 514 g/mol. The topological polar surface area (TPSA) is 111 Å². The molecule has 3 amide bonds. The van der Waals surface area contributed by atoms with Crippen LogP contribution in [0.4, 0.5) is 17.1 Å². The highest BCUT2D eigenvalue weighted by atomic mass is 28.4. The summed E-state index contributed by atoms with van der Waals surface area (Å²) < 4.78 is 6.71. The second kappa shape index (κ2) is 10.2. The molecule has 0 bridgehead atoms. The van der Waals surface area contributed by atoms with E-state index >= 15 is 0 Å². The highest BCUT2D eigenvalue weighted by Gasteiger charge is 2.66. The molecular formula is C29H37N3O6Si. The van der Waals surface area contributed by atoms with Crippen molar-refractivity contribution in [2.45, 2.75) is 62.6 Å². The zero-order chi connectivity index (χ0) is 28.1. The molecule has 0 radical (unpaired) electrons. The molecule has 5 rings (SSSR count). The first-order valence-corrected chi connectivity index (χ1v) is 16.6. The van der Waals surface area contributed by atoms with Crippen LogP contribution in [0.15, 0.2) is 48.5 Å². The summed E-state index contributed by atoms with van der Waals surface area (Å²) in [5.41, 5.74) is 0.810. The number of anilines is 3. The average Bonchev–Trinajstić information content (AvgIpc) is 3.56. The highest BCUT2D eigenvalue weighted by Crippen LogP contribution is 2.60. The van der Waals surface area contributed by atoms with E-state index in [1.165, 1.54) is 4.90 Å². The summed E-state index contributed by atoms with van der Waals surface area (Å²) in [6.07, 6.45) is 1.69. The van der Waals surface area contributed by atoms with Crippen LogP contribution < -0.4 is 9.80 Å². The van der Waals surface area contributed by atoms with Gasteiger partial charge in [-0.3, -0.25) is 19.3 Å². The Morgan fingerprint density at radius 1 is 1.21 bits per heavy atom. The summed E-state index contributed by atoms with van der Waals surface area (Å²) in [7, 11) is -1.23. The van der Waals surface area contributed by atoms with Gasteiger partial charge < -0.3 is 24.4 Å². The van der Waals surface area contributed by atoms with Crippen LogP contribution in [0.5, 0.6) is 0 Å². The average molecular weight is 552 g/mol. The zero-order valence-electron chi connectivity index (χ0n) is 22.9. The minimum absolute atomic E-state index is 0.0285. The Bertz CT molecular complexity index is 1270. The van der Waals surface area contributed by atoms with Gasteiger partial charge in [-0.25, -0.2) is 0 Å². The number of ether oxygens (including phenoxy) is 1. The maximum Gasteiger partial charge on any atom is 0.264 e. The fourth-order valence-corrected chi connectivity index (χ4v) is 9.58. The number of hydrogen-bond donors (Lipinski definition) is 2. The van der Waals surface area contributed by atoms with E-state index in [0.29, 0.717) is 29.2 Å². The van der Waals surface area contributed by atoms with Gasteiger partial charge in [-0.2, -0.15) is 0 Å². The van der Waals surface area contributed by atoms with Crippen molar-refractivity contribution < 1.29 is 29.0 Å². The molecule has 0 aliphatic carbocycles. The van der Waals surface area contributed by atoms with Crippen molar-refractivity contribution in [2.24, 2.45) is 5.92 Å². The molecule has 2 aromatic carbocycles. The Labute approximate surface area is 230 Å². The number of hydrogen-bond acceptors (Lipinski definition) is 6. The van der Waals surface area contributed by atoms with Crippen molar-refractivity contribution in [2.75, 3.05) is 30.0 Å². The normalized spacial score (nSPS) is 28.3. The van der Waals surface area contributed by atoms with Crippen LogP contribution in [-0.2, 0) is 24.7 Å². The Morgan fingerprint density at radius 2 is 1.92 bits per heavy atom. The molecule has 2 aromatic rings. The van der Waals surface area contributed by atoms with Crippen molar-refractivity contribution in [3.05, 3.63) is 54.1 Å². The molecule has 2 N–H and O–H groups in total. The highest BCUT2D eigenvalue weighted by molar-refractivity contribution is 6.71. The predicted molar refractivity (Wildman–Crippen MR) is 150 cm³/mol. The fraction of sp³-hybridized carbons (Fsp3) is 0.483. The van der Waals surface area contributed by atoms with Gasteiger partial charge in [0.25, 0.3) is 5.91 Å². The van der Waals surface area contributed by atoms with Crippen LogP contribution in [-0.4, -0.2) is 73.7 Å². The molecule has 3 aliphatic rings. The number of carbonyl (C=O) groups excluding carboxylic acids is 3.